The van der Waals surface area contributed by atoms with Crippen LogP contribution < -0.4 is 15.4 Å². The second kappa shape index (κ2) is 8.53. The molecular formula is C15H25N3O2. The van der Waals surface area contributed by atoms with Gasteiger partial charge in [0.05, 0.1) is 12.3 Å². The number of carbonyl (C=O) groups excluding carboxylic acids is 1. The van der Waals surface area contributed by atoms with E-state index in [9.17, 15) is 4.79 Å². The van der Waals surface area contributed by atoms with Gasteiger partial charge in [0, 0.05) is 31.7 Å². The number of carbonyl (C=O) groups is 1. The minimum atomic E-state index is 0.0392. The summed E-state index contributed by atoms with van der Waals surface area (Å²) in [6, 6.07) is 4.28. The van der Waals surface area contributed by atoms with E-state index in [1.54, 1.807) is 7.05 Å². The highest BCUT2D eigenvalue weighted by molar-refractivity contribution is 5.75. The first-order valence-corrected chi connectivity index (χ1v) is 7.06. The molecule has 1 heterocycles. The van der Waals surface area contributed by atoms with E-state index in [0.717, 1.165) is 17.1 Å². The molecule has 0 bridgehead atoms. The topological polar surface area (TPSA) is 63.2 Å². The van der Waals surface area contributed by atoms with Crippen molar-refractivity contribution in [1.29, 1.82) is 0 Å². The Labute approximate surface area is 121 Å². The predicted octanol–water partition coefficient (Wildman–Crippen LogP) is 1.79. The van der Waals surface area contributed by atoms with Gasteiger partial charge in [-0.05, 0) is 25.5 Å². The third-order valence-electron chi connectivity index (χ3n) is 2.83. The van der Waals surface area contributed by atoms with Gasteiger partial charge >= 0.3 is 0 Å². The van der Waals surface area contributed by atoms with Crippen molar-refractivity contribution >= 4 is 5.91 Å². The van der Waals surface area contributed by atoms with E-state index in [0.29, 0.717) is 32.0 Å². The van der Waals surface area contributed by atoms with Gasteiger partial charge in [0.25, 0.3) is 0 Å². The highest BCUT2D eigenvalue weighted by atomic mass is 16.5. The van der Waals surface area contributed by atoms with Crippen LogP contribution in [-0.2, 0) is 11.3 Å². The molecule has 5 heteroatoms. The Morgan fingerprint density at radius 2 is 2.15 bits per heavy atom. The molecular weight excluding hydrogens is 254 g/mol. The first-order chi connectivity index (χ1) is 9.52. The molecule has 0 aliphatic carbocycles. The molecule has 0 saturated heterocycles. The number of aromatic nitrogens is 1. The molecule has 1 amide bonds. The van der Waals surface area contributed by atoms with Gasteiger partial charge in [0.2, 0.25) is 5.91 Å². The number of aryl methyl sites for hydroxylation is 1. The van der Waals surface area contributed by atoms with Crippen LogP contribution in [0.15, 0.2) is 12.1 Å². The quantitative estimate of drug-likeness (QED) is 0.712. The molecule has 1 rings (SSSR count). The normalized spacial score (nSPS) is 10.7. The van der Waals surface area contributed by atoms with Crippen LogP contribution in [0.2, 0.25) is 0 Å². The van der Waals surface area contributed by atoms with Gasteiger partial charge in [-0.2, -0.15) is 0 Å². The van der Waals surface area contributed by atoms with Crippen molar-refractivity contribution in [1.82, 2.24) is 15.6 Å². The predicted molar refractivity (Wildman–Crippen MR) is 79.7 cm³/mol. The van der Waals surface area contributed by atoms with Gasteiger partial charge in [-0.3, -0.25) is 9.78 Å². The zero-order chi connectivity index (χ0) is 15.0. The molecule has 1 aromatic rings. The van der Waals surface area contributed by atoms with E-state index in [4.69, 9.17) is 4.74 Å². The van der Waals surface area contributed by atoms with Crippen molar-refractivity contribution in [3.63, 3.8) is 0 Å². The number of nitrogens with zero attached hydrogens (tertiary/aromatic N) is 1. The average molecular weight is 279 g/mol. The molecule has 0 atom stereocenters. The summed E-state index contributed by atoms with van der Waals surface area (Å²) < 4.78 is 5.74. The molecule has 112 valence electrons. The average Bonchev–Trinajstić information content (AvgIpc) is 2.42. The Balaban J connectivity index is 2.53. The molecule has 0 fully saturated rings. The third kappa shape index (κ3) is 6.02. The van der Waals surface area contributed by atoms with Gasteiger partial charge in [-0.15, -0.1) is 0 Å². The molecule has 0 aliphatic rings. The summed E-state index contributed by atoms with van der Waals surface area (Å²) in [4.78, 5) is 15.6. The van der Waals surface area contributed by atoms with E-state index in [1.807, 2.05) is 19.1 Å². The van der Waals surface area contributed by atoms with E-state index >= 15 is 0 Å². The molecule has 0 aliphatic heterocycles. The zero-order valence-electron chi connectivity index (χ0n) is 12.8. The monoisotopic (exact) mass is 279 g/mol. The lowest BCUT2D eigenvalue weighted by Crippen LogP contribution is -2.23. The second-order valence-electron chi connectivity index (χ2n) is 5.06. The standard InChI is InChI=1S/C15H25N3O2/c1-11(2)17-10-13-14(8-7-12(3)18-13)20-9-5-6-15(19)16-4/h7-8,11,17H,5-6,9-10H2,1-4H3,(H,16,19). The first kappa shape index (κ1) is 16.4. The van der Waals surface area contributed by atoms with Crippen LogP contribution in [0, 0.1) is 6.92 Å². The molecule has 0 aromatic carbocycles. The summed E-state index contributed by atoms with van der Waals surface area (Å²) in [5.41, 5.74) is 1.89. The van der Waals surface area contributed by atoms with Crippen LogP contribution in [0.3, 0.4) is 0 Å². The smallest absolute Gasteiger partial charge is 0.219 e. The largest absolute Gasteiger partial charge is 0.492 e. The number of hydrogen-bond acceptors (Lipinski definition) is 4. The summed E-state index contributed by atoms with van der Waals surface area (Å²) in [5, 5.41) is 5.94. The highest BCUT2D eigenvalue weighted by Gasteiger charge is 2.07. The number of ether oxygens (including phenoxy) is 1. The molecule has 0 radical (unpaired) electrons. The number of hydrogen-bond donors (Lipinski definition) is 2. The van der Waals surface area contributed by atoms with E-state index in [-0.39, 0.29) is 5.91 Å². The second-order valence-corrected chi connectivity index (χ2v) is 5.06. The summed E-state index contributed by atoms with van der Waals surface area (Å²) in [6.45, 7) is 7.37. The van der Waals surface area contributed by atoms with Crippen molar-refractivity contribution in [3.8, 4) is 5.75 Å². The van der Waals surface area contributed by atoms with Crippen molar-refractivity contribution in [2.45, 2.75) is 46.2 Å². The Morgan fingerprint density at radius 1 is 1.40 bits per heavy atom. The fourth-order valence-corrected chi connectivity index (χ4v) is 1.70. The molecule has 0 unspecified atom stereocenters. The molecule has 5 nitrogen and oxygen atoms in total. The summed E-state index contributed by atoms with van der Waals surface area (Å²) in [7, 11) is 1.64. The van der Waals surface area contributed by atoms with Crippen LogP contribution >= 0.6 is 0 Å². The SMILES string of the molecule is CNC(=O)CCCOc1ccc(C)nc1CNC(C)C. The molecule has 20 heavy (non-hydrogen) atoms. The molecule has 2 N–H and O–H groups in total. The lowest BCUT2D eigenvalue weighted by atomic mass is 10.2. The Kier molecular flexibility index (Phi) is 7.01. The van der Waals surface area contributed by atoms with Crippen molar-refractivity contribution < 1.29 is 9.53 Å². The highest BCUT2D eigenvalue weighted by Crippen LogP contribution is 2.17. The van der Waals surface area contributed by atoms with E-state index < -0.39 is 0 Å². The van der Waals surface area contributed by atoms with E-state index in [2.05, 4.69) is 29.5 Å². The minimum Gasteiger partial charge on any atom is -0.492 e. The fraction of sp³-hybridized carbons (Fsp3) is 0.600. The number of amides is 1. The zero-order valence-corrected chi connectivity index (χ0v) is 12.8. The van der Waals surface area contributed by atoms with Gasteiger partial charge in [-0.1, -0.05) is 13.8 Å². The van der Waals surface area contributed by atoms with Crippen LogP contribution in [-0.4, -0.2) is 30.6 Å². The number of rotatable bonds is 8. The van der Waals surface area contributed by atoms with Crippen LogP contribution in [0.25, 0.3) is 0 Å². The maximum absolute atomic E-state index is 11.1. The van der Waals surface area contributed by atoms with Gasteiger partial charge < -0.3 is 15.4 Å². The van der Waals surface area contributed by atoms with Crippen LogP contribution in [0.4, 0.5) is 0 Å². The summed E-state index contributed by atoms with van der Waals surface area (Å²) >= 11 is 0. The maximum atomic E-state index is 11.1. The van der Waals surface area contributed by atoms with Gasteiger partial charge in [0.15, 0.2) is 0 Å². The van der Waals surface area contributed by atoms with Crippen molar-refractivity contribution in [3.05, 3.63) is 23.5 Å². The lowest BCUT2D eigenvalue weighted by Gasteiger charge is -2.13. The number of pyridine rings is 1. The Morgan fingerprint density at radius 3 is 2.80 bits per heavy atom. The Hall–Kier alpha value is -1.62. The van der Waals surface area contributed by atoms with E-state index in [1.165, 1.54) is 0 Å². The summed E-state index contributed by atoms with van der Waals surface area (Å²) in [6.07, 6.45) is 1.18. The number of nitrogens with one attached hydrogen (secondary N) is 2. The third-order valence-corrected chi connectivity index (χ3v) is 2.83. The lowest BCUT2D eigenvalue weighted by molar-refractivity contribution is -0.120. The fourth-order valence-electron chi connectivity index (χ4n) is 1.70. The van der Waals surface area contributed by atoms with Crippen LogP contribution in [0.5, 0.6) is 5.75 Å². The molecule has 0 saturated carbocycles. The van der Waals surface area contributed by atoms with Crippen molar-refractivity contribution in [2.24, 2.45) is 0 Å². The first-order valence-electron chi connectivity index (χ1n) is 7.06. The van der Waals surface area contributed by atoms with Crippen LogP contribution in [0.1, 0.15) is 38.1 Å². The van der Waals surface area contributed by atoms with Gasteiger partial charge in [0.1, 0.15) is 5.75 Å². The summed E-state index contributed by atoms with van der Waals surface area (Å²) in [5.74, 6) is 0.831. The molecule has 0 spiro atoms. The minimum absolute atomic E-state index is 0.0392. The maximum Gasteiger partial charge on any atom is 0.219 e. The van der Waals surface area contributed by atoms with Crippen molar-refractivity contribution in [2.75, 3.05) is 13.7 Å². The van der Waals surface area contributed by atoms with Gasteiger partial charge in [-0.25, -0.2) is 0 Å². The molecule has 1 aromatic heterocycles. The Bertz CT molecular complexity index is 433.